The van der Waals surface area contributed by atoms with Gasteiger partial charge in [-0.2, -0.15) is 0 Å². The lowest BCUT2D eigenvalue weighted by Crippen LogP contribution is -2.37. The molecule has 0 radical (unpaired) electrons. The molecule has 1 amide bonds. The van der Waals surface area contributed by atoms with Gasteiger partial charge < -0.3 is 9.38 Å². The third-order valence-electron chi connectivity index (χ3n) is 4.12. The molecule has 1 atom stereocenters. The zero-order valence-corrected chi connectivity index (χ0v) is 13.7. The van der Waals surface area contributed by atoms with E-state index in [0.717, 1.165) is 29.7 Å². The number of carbonyl (C=O) groups excluding carboxylic acids is 1. The molecule has 0 N–H and O–H groups in total. The topological polar surface area (TPSA) is 20.3 Å². The highest BCUT2D eigenvalue weighted by molar-refractivity contribution is 5.83. The summed E-state index contributed by atoms with van der Waals surface area (Å²) in [6, 6.07) is 8.45. The van der Waals surface area contributed by atoms with Crippen LogP contribution in [-0.2, 0) is 4.79 Å². The van der Waals surface area contributed by atoms with Gasteiger partial charge in [-0.25, -0.2) is 0 Å². The molecule has 0 saturated carbocycles. The van der Waals surface area contributed by atoms with Gasteiger partial charge in [0.25, 0.3) is 0 Å². The van der Waals surface area contributed by atoms with Crippen LogP contribution in [-0.4, -0.2) is 49.5 Å². The summed E-state index contributed by atoms with van der Waals surface area (Å²) < 4.78 is 0.926. The molecule has 0 spiro atoms. The number of amides is 1. The Morgan fingerprint density at radius 1 is 1.24 bits per heavy atom. The highest BCUT2D eigenvalue weighted by atomic mass is 16.2. The monoisotopic (exact) mass is 287 g/mol. The molecule has 1 unspecified atom stereocenters. The number of allylic oxidation sites excluding steroid dienone is 1. The third kappa shape index (κ3) is 3.94. The van der Waals surface area contributed by atoms with E-state index >= 15 is 0 Å². The van der Waals surface area contributed by atoms with E-state index in [1.165, 1.54) is 11.1 Å². The minimum Gasteiger partial charge on any atom is -0.331 e. The molecule has 0 bridgehead atoms. The van der Waals surface area contributed by atoms with Gasteiger partial charge in [0.2, 0.25) is 5.91 Å². The smallest absolute Gasteiger partial charge is 0.227 e. The van der Waals surface area contributed by atoms with E-state index in [0.29, 0.717) is 6.42 Å². The number of nitrogens with zero attached hydrogens (tertiary/aromatic N) is 2. The number of hydrogen-bond acceptors (Lipinski definition) is 1. The Morgan fingerprint density at radius 3 is 2.43 bits per heavy atom. The van der Waals surface area contributed by atoms with Crippen molar-refractivity contribution in [2.45, 2.75) is 25.7 Å². The van der Waals surface area contributed by atoms with Gasteiger partial charge in [-0.15, -0.1) is 0 Å². The molecule has 1 fully saturated rings. The number of aryl methyl sites for hydroxylation is 1. The van der Waals surface area contributed by atoms with E-state index in [1.807, 2.05) is 4.90 Å². The largest absolute Gasteiger partial charge is 0.331 e. The molecule has 1 aliphatic heterocycles. The van der Waals surface area contributed by atoms with Crippen LogP contribution in [0.3, 0.4) is 0 Å². The zero-order chi connectivity index (χ0) is 15.6. The predicted octanol–water partition coefficient (Wildman–Crippen LogP) is 2.92. The molecule has 1 heterocycles. The Kier molecular flexibility index (Phi) is 4.52. The van der Waals surface area contributed by atoms with Gasteiger partial charge in [-0.3, -0.25) is 4.79 Å². The van der Waals surface area contributed by atoms with E-state index < -0.39 is 0 Å². The number of likely N-dealkylation sites (tertiary alicyclic amines) is 1. The average molecular weight is 287 g/mol. The fraction of sp³-hybridized carbons (Fsp3) is 0.500. The SMILES string of the molecule is C=C1C(c2ccc(C)cc2)CC(=O)N1CCC[N+](C)(C)C. The fourth-order valence-corrected chi connectivity index (χ4v) is 2.83. The van der Waals surface area contributed by atoms with Crippen molar-refractivity contribution in [1.29, 1.82) is 0 Å². The van der Waals surface area contributed by atoms with Crippen LogP contribution in [0.15, 0.2) is 36.5 Å². The molecule has 1 saturated heterocycles. The fourth-order valence-electron chi connectivity index (χ4n) is 2.83. The summed E-state index contributed by atoms with van der Waals surface area (Å²) in [7, 11) is 6.53. The maximum Gasteiger partial charge on any atom is 0.227 e. The maximum absolute atomic E-state index is 12.3. The second-order valence-corrected chi connectivity index (χ2v) is 7.07. The van der Waals surface area contributed by atoms with Crippen molar-refractivity contribution in [2.75, 3.05) is 34.2 Å². The highest BCUT2D eigenvalue weighted by Crippen LogP contribution is 2.36. The van der Waals surface area contributed by atoms with Crippen LogP contribution < -0.4 is 0 Å². The highest BCUT2D eigenvalue weighted by Gasteiger charge is 2.34. The summed E-state index contributed by atoms with van der Waals surface area (Å²) in [5.41, 5.74) is 3.41. The summed E-state index contributed by atoms with van der Waals surface area (Å²) >= 11 is 0. The number of quaternary nitrogens is 1. The molecule has 21 heavy (non-hydrogen) atoms. The van der Waals surface area contributed by atoms with Gasteiger partial charge in [0.1, 0.15) is 0 Å². The van der Waals surface area contributed by atoms with Crippen molar-refractivity contribution in [3.63, 3.8) is 0 Å². The number of benzene rings is 1. The minimum atomic E-state index is 0.155. The lowest BCUT2D eigenvalue weighted by molar-refractivity contribution is -0.870. The maximum atomic E-state index is 12.3. The molecule has 2 rings (SSSR count). The van der Waals surface area contributed by atoms with Crippen LogP contribution in [0.5, 0.6) is 0 Å². The van der Waals surface area contributed by atoms with Crippen molar-refractivity contribution in [3.8, 4) is 0 Å². The van der Waals surface area contributed by atoms with Gasteiger partial charge >= 0.3 is 0 Å². The Balaban J connectivity index is 2.01. The van der Waals surface area contributed by atoms with Crippen molar-refractivity contribution < 1.29 is 9.28 Å². The van der Waals surface area contributed by atoms with E-state index in [1.54, 1.807) is 0 Å². The van der Waals surface area contributed by atoms with Gasteiger partial charge in [0, 0.05) is 31.0 Å². The lowest BCUT2D eigenvalue weighted by Gasteiger charge is -2.26. The first kappa shape index (κ1) is 15.8. The third-order valence-corrected chi connectivity index (χ3v) is 4.12. The molecule has 3 nitrogen and oxygen atoms in total. The molecule has 3 heteroatoms. The number of hydrogen-bond donors (Lipinski definition) is 0. The standard InChI is InChI=1S/C18H27N2O/c1-14-7-9-16(10-8-14)17-13-18(21)19(15(17)2)11-6-12-20(3,4)5/h7-10,17H,2,6,11-13H2,1,3-5H3/q+1. The molecule has 0 aromatic heterocycles. The van der Waals surface area contributed by atoms with Gasteiger partial charge in [0.05, 0.1) is 27.7 Å². The Morgan fingerprint density at radius 2 is 1.86 bits per heavy atom. The second kappa shape index (κ2) is 6.02. The summed E-state index contributed by atoms with van der Waals surface area (Å²) in [5, 5.41) is 0. The van der Waals surface area contributed by atoms with Gasteiger partial charge in [-0.1, -0.05) is 36.4 Å². The molecule has 114 valence electrons. The first-order chi connectivity index (χ1) is 9.78. The normalized spacial score (nSPS) is 19.4. The number of rotatable bonds is 5. The van der Waals surface area contributed by atoms with Crippen molar-refractivity contribution in [3.05, 3.63) is 47.7 Å². The lowest BCUT2D eigenvalue weighted by atomic mass is 9.95. The van der Waals surface area contributed by atoms with Crippen LogP contribution in [0.1, 0.15) is 29.9 Å². The second-order valence-electron chi connectivity index (χ2n) is 7.07. The quantitative estimate of drug-likeness (QED) is 0.763. The molecular weight excluding hydrogens is 260 g/mol. The molecule has 1 aliphatic rings. The van der Waals surface area contributed by atoms with Crippen LogP contribution in [0, 0.1) is 6.92 Å². The van der Waals surface area contributed by atoms with Crippen LogP contribution in [0.25, 0.3) is 0 Å². The van der Waals surface area contributed by atoms with Crippen LogP contribution in [0.4, 0.5) is 0 Å². The summed E-state index contributed by atoms with van der Waals surface area (Å²) in [5.74, 6) is 0.370. The Bertz CT molecular complexity index is 525. The zero-order valence-electron chi connectivity index (χ0n) is 13.7. The van der Waals surface area contributed by atoms with E-state index in [9.17, 15) is 4.79 Å². The summed E-state index contributed by atoms with van der Waals surface area (Å²) in [6.45, 7) is 8.11. The first-order valence-corrected chi connectivity index (χ1v) is 7.64. The predicted molar refractivity (Wildman–Crippen MR) is 86.9 cm³/mol. The Hall–Kier alpha value is -1.61. The molecular formula is C18H27N2O+. The summed E-state index contributed by atoms with van der Waals surface area (Å²) in [4.78, 5) is 14.1. The van der Waals surface area contributed by atoms with Crippen LogP contribution >= 0.6 is 0 Å². The van der Waals surface area contributed by atoms with Gasteiger partial charge in [0.15, 0.2) is 0 Å². The Labute approximate surface area is 128 Å². The van der Waals surface area contributed by atoms with Gasteiger partial charge in [-0.05, 0) is 12.5 Å². The van der Waals surface area contributed by atoms with E-state index in [2.05, 4.69) is 58.9 Å². The van der Waals surface area contributed by atoms with Crippen molar-refractivity contribution in [2.24, 2.45) is 0 Å². The van der Waals surface area contributed by atoms with E-state index in [4.69, 9.17) is 0 Å². The minimum absolute atomic E-state index is 0.155. The van der Waals surface area contributed by atoms with Crippen LogP contribution in [0.2, 0.25) is 0 Å². The first-order valence-electron chi connectivity index (χ1n) is 7.64. The molecule has 0 aliphatic carbocycles. The molecule has 1 aromatic carbocycles. The molecule has 1 aromatic rings. The average Bonchev–Trinajstić information content (AvgIpc) is 2.66. The van der Waals surface area contributed by atoms with E-state index in [-0.39, 0.29) is 11.8 Å². The number of carbonyl (C=O) groups is 1. The van der Waals surface area contributed by atoms with Crippen molar-refractivity contribution in [1.82, 2.24) is 4.90 Å². The summed E-state index contributed by atoms with van der Waals surface area (Å²) in [6.07, 6.45) is 1.57. The van der Waals surface area contributed by atoms with Crippen molar-refractivity contribution >= 4 is 5.91 Å².